The van der Waals surface area contributed by atoms with Gasteiger partial charge in [-0.15, -0.1) is 0 Å². The summed E-state index contributed by atoms with van der Waals surface area (Å²) < 4.78 is 0. The van der Waals surface area contributed by atoms with E-state index in [2.05, 4.69) is 20.2 Å². The van der Waals surface area contributed by atoms with Crippen molar-refractivity contribution in [3.05, 3.63) is 24.3 Å². The van der Waals surface area contributed by atoms with E-state index in [0.29, 0.717) is 0 Å². The summed E-state index contributed by atoms with van der Waals surface area (Å²) in [5.74, 6) is 0.821. The van der Waals surface area contributed by atoms with Gasteiger partial charge in [-0.25, -0.2) is 9.97 Å². The summed E-state index contributed by atoms with van der Waals surface area (Å²) in [5.41, 5.74) is 1.15. The lowest BCUT2D eigenvalue weighted by atomic mass is 9.99. The Morgan fingerprint density at radius 2 is 2.28 bits per heavy atom. The molecule has 0 bridgehead atoms. The zero-order valence-electron chi connectivity index (χ0n) is 10.9. The number of aromatic nitrogens is 2. The molecule has 1 unspecified atom stereocenters. The van der Waals surface area contributed by atoms with Crippen LogP contribution in [0, 0.1) is 5.92 Å². The van der Waals surface area contributed by atoms with Crippen molar-refractivity contribution in [3.63, 3.8) is 0 Å². The quantitative estimate of drug-likeness (QED) is 0.853. The average Bonchev–Trinajstić information content (AvgIpc) is 3.25. The number of hydrogen-bond acceptors (Lipinski definition) is 4. The van der Waals surface area contributed by atoms with Crippen LogP contribution >= 0.6 is 0 Å². The van der Waals surface area contributed by atoms with Crippen LogP contribution in [0.15, 0.2) is 18.6 Å². The van der Waals surface area contributed by atoms with Gasteiger partial charge in [0.05, 0.1) is 5.69 Å². The summed E-state index contributed by atoms with van der Waals surface area (Å²) in [6.07, 6.45) is 8.94. The number of nitrogens with one attached hydrogen (secondary N) is 1. The van der Waals surface area contributed by atoms with Gasteiger partial charge in [0.15, 0.2) is 0 Å². The van der Waals surface area contributed by atoms with Gasteiger partial charge >= 0.3 is 0 Å². The molecule has 3 rings (SSSR count). The summed E-state index contributed by atoms with van der Waals surface area (Å²) in [6, 6.07) is 2.84. The van der Waals surface area contributed by atoms with E-state index in [0.717, 1.165) is 24.2 Å². The first-order chi connectivity index (χ1) is 8.92. The maximum atomic E-state index is 4.35. The van der Waals surface area contributed by atoms with Gasteiger partial charge in [0.2, 0.25) is 0 Å². The van der Waals surface area contributed by atoms with E-state index in [1.807, 2.05) is 12.3 Å². The van der Waals surface area contributed by atoms with Crippen LogP contribution in [0.25, 0.3) is 0 Å². The lowest BCUT2D eigenvalue weighted by Crippen LogP contribution is -2.39. The maximum absolute atomic E-state index is 4.35. The van der Waals surface area contributed by atoms with Crippen molar-refractivity contribution in [1.29, 1.82) is 0 Å². The molecule has 0 radical (unpaired) electrons. The van der Waals surface area contributed by atoms with E-state index < -0.39 is 0 Å². The Bertz CT molecular complexity index is 357. The molecule has 98 valence electrons. The fraction of sp³-hybridized carbons (Fsp3) is 0.714. The Morgan fingerprint density at radius 1 is 1.33 bits per heavy atom. The molecule has 2 heterocycles. The zero-order chi connectivity index (χ0) is 12.2. The average molecular weight is 246 g/mol. The molecule has 1 saturated heterocycles. The van der Waals surface area contributed by atoms with Crippen LogP contribution in [0.2, 0.25) is 0 Å². The van der Waals surface area contributed by atoms with Gasteiger partial charge in [0.1, 0.15) is 6.33 Å². The molecule has 0 amide bonds. The van der Waals surface area contributed by atoms with Crippen LogP contribution in [-0.2, 0) is 6.54 Å². The van der Waals surface area contributed by atoms with Gasteiger partial charge in [0.25, 0.3) is 0 Å². The molecule has 1 N–H and O–H groups in total. The highest BCUT2D eigenvalue weighted by atomic mass is 15.2. The molecule has 4 heteroatoms. The first-order valence-corrected chi connectivity index (χ1v) is 7.11. The van der Waals surface area contributed by atoms with Crippen molar-refractivity contribution in [2.75, 3.05) is 19.6 Å². The largest absolute Gasteiger partial charge is 0.316 e. The second kappa shape index (κ2) is 5.76. The Labute approximate surface area is 109 Å². The Morgan fingerprint density at radius 3 is 2.94 bits per heavy atom. The van der Waals surface area contributed by atoms with Crippen LogP contribution in [0.5, 0.6) is 0 Å². The molecule has 2 fully saturated rings. The van der Waals surface area contributed by atoms with Crippen molar-refractivity contribution >= 4 is 0 Å². The maximum Gasteiger partial charge on any atom is 0.115 e. The highest BCUT2D eigenvalue weighted by molar-refractivity contribution is 5.00. The van der Waals surface area contributed by atoms with E-state index in [9.17, 15) is 0 Å². The molecule has 1 atom stereocenters. The van der Waals surface area contributed by atoms with Crippen molar-refractivity contribution in [2.24, 2.45) is 5.92 Å². The molecule has 1 aliphatic carbocycles. The summed E-state index contributed by atoms with van der Waals surface area (Å²) in [4.78, 5) is 11.0. The standard InChI is InChI=1S/C14H22N4/c1-2-12(8-15-6-1)9-18(14-3-4-14)10-13-5-7-16-11-17-13/h5,7,11-12,14-15H,1-4,6,8-10H2. The lowest BCUT2D eigenvalue weighted by molar-refractivity contribution is 0.191. The van der Waals surface area contributed by atoms with E-state index in [1.54, 1.807) is 6.33 Å². The van der Waals surface area contributed by atoms with Crippen LogP contribution < -0.4 is 5.32 Å². The minimum absolute atomic E-state index is 0.807. The first-order valence-electron chi connectivity index (χ1n) is 7.11. The SMILES string of the molecule is c1cc(CN(CC2CCCNC2)C2CC2)ncn1. The van der Waals surface area contributed by atoms with E-state index >= 15 is 0 Å². The monoisotopic (exact) mass is 246 g/mol. The molecule has 0 spiro atoms. The third-order valence-electron chi connectivity index (χ3n) is 3.96. The van der Waals surface area contributed by atoms with E-state index in [1.165, 1.54) is 45.3 Å². The van der Waals surface area contributed by atoms with Crippen molar-refractivity contribution in [1.82, 2.24) is 20.2 Å². The van der Waals surface area contributed by atoms with Gasteiger partial charge in [-0.2, -0.15) is 0 Å². The molecule has 1 aromatic heterocycles. The number of rotatable bonds is 5. The molecular weight excluding hydrogens is 224 g/mol. The van der Waals surface area contributed by atoms with Gasteiger partial charge in [-0.1, -0.05) is 0 Å². The lowest BCUT2D eigenvalue weighted by Gasteiger charge is -2.30. The van der Waals surface area contributed by atoms with Crippen LogP contribution in [0.3, 0.4) is 0 Å². The van der Waals surface area contributed by atoms with E-state index in [4.69, 9.17) is 0 Å². The van der Waals surface area contributed by atoms with Gasteiger partial charge < -0.3 is 5.32 Å². The van der Waals surface area contributed by atoms with Gasteiger partial charge in [-0.05, 0) is 50.8 Å². The Kier molecular flexibility index (Phi) is 3.86. The first kappa shape index (κ1) is 12.1. The minimum Gasteiger partial charge on any atom is -0.316 e. The van der Waals surface area contributed by atoms with E-state index in [-0.39, 0.29) is 0 Å². The van der Waals surface area contributed by atoms with Crippen LogP contribution in [-0.4, -0.2) is 40.5 Å². The molecule has 1 aromatic rings. The minimum atomic E-state index is 0.807. The summed E-state index contributed by atoms with van der Waals surface area (Å²) in [7, 11) is 0. The highest BCUT2D eigenvalue weighted by Gasteiger charge is 2.31. The molecule has 1 aliphatic heterocycles. The summed E-state index contributed by atoms with van der Waals surface area (Å²) in [6.45, 7) is 4.60. The highest BCUT2D eigenvalue weighted by Crippen LogP contribution is 2.29. The van der Waals surface area contributed by atoms with Crippen LogP contribution in [0.4, 0.5) is 0 Å². The molecule has 1 saturated carbocycles. The number of nitrogens with zero attached hydrogens (tertiary/aromatic N) is 3. The Balaban J connectivity index is 1.58. The van der Waals surface area contributed by atoms with Crippen LogP contribution in [0.1, 0.15) is 31.4 Å². The van der Waals surface area contributed by atoms with Crippen molar-refractivity contribution < 1.29 is 0 Å². The number of piperidine rings is 1. The second-order valence-corrected chi connectivity index (χ2v) is 5.57. The summed E-state index contributed by atoms with van der Waals surface area (Å²) in [5, 5.41) is 3.51. The molecule has 0 aromatic carbocycles. The van der Waals surface area contributed by atoms with Gasteiger partial charge in [-0.3, -0.25) is 4.90 Å². The number of hydrogen-bond donors (Lipinski definition) is 1. The van der Waals surface area contributed by atoms with Crippen molar-refractivity contribution in [3.8, 4) is 0 Å². The fourth-order valence-electron chi connectivity index (χ4n) is 2.81. The molecule has 18 heavy (non-hydrogen) atoms. The zero-order valence-corrected chi connectivity index (χ0v) is 10.9. The third-order valence-corrected chi connectivity index (χ3v) is 3.96. The molecule has 4 nitrogen and oxygen atoms in total. The normalized spacial score (nSPS) is 24.4. The molecular formula is C14H22N4. The topological polar surface area (TPSA) is 41.0 Å². The smallest absolute Gasteiger partial charge is 0.115 e. The predicted octanol–water partition coefficient (Wildman–Crippen LogP) is 1.44. The Hall–Kier alpha value is -1.00. The van der Waals surface area contributed by atoms with Gasteiger partial charge in [0, 0.05) is 25.3 Å². The fourth-order valence-corrected chi connectivity index (χ4v) is 2.81. The third kappa shape index (κ3) is 3.27. The summed E-state index contributed by atoms with van der Waals surface area (Å²) >= 11 is 0. The van der Waals surface area contributed by atoms with Crippen molar-refractivity contribution in [2.45, 2.75) is 38.3 Å². The molecule has 2 aliphatic rings. The predicted molar refractivity (Wildman–Crippen MR) is 71.1 cm³/mol. The second-order valence-electron chi connectivity index (χ2n) is 5.57.